The average Bonchev–Trinajstić information content (AvgIpc) is 2.62. The van der Waals surface area contributed by atoms with Gasteiger partial charge in [-0.2, -0.15) is 0 Å². The Bertz CT molecular complexity index is 940. The van der Waals surface area contributed by atoms with E-state index in [1.165, 1.54) is 16.7 Å². The fourth-order valence-electron chi connectivity index (χ4n) is 3.47. The van der Waals surface area contributed by atoms with Crippen molar-refractivity contribution in [3.63, 3.8) is 0 Å². The number of aliphatic imine (C=N–C) groups is 1. The average molecular weight is 331 g/mol. The molecular formula is C21H21N3O. The maximum Gasteiger partial charge on any atom is 0.327 e. The van der Waals surface area contributed by atoms with Gasteiger partial charge in [0.2, 0.25) is 0 Å². The number of fused-ring (bicyclic) bond motifs is 3. The van der Waals surface area contributed by atoms with E-state index in [1.807, 2.05) is 18.2 Å². The van der Waals surface area contributed by atoms with E-state index < -0.39 is 0 Å². The van der Waals surface area contributed by atoms with Crippen molar-refractivity contribution in [2.75, 3.05) is 6.54 Å². The summed E-state index contributed by atoms with van der Waals surface area (Å²) in [6, 6.07) is 12.3. The number of hydrogen-bond donors (Lipinski definition) is 1. The van der Waals surface area contributed by atoms with Crippen molar-refractivity contribution >= 4 is 23.3 Å². The first-order chi connectivity index (χ1) is 12.1. The van der Waals surface area contributed by atoms with Gasteiger partial charge >= 0.3 is 6.03 Å². The Labute approximate surface area is 147 Å². The molecule has 4 nitrogen and oxygen atoms in total. The molecule has 0 bridgehead atoms. The Hall–Kier alpha value is -2.88. The number of carbonyl (C=O) groups excluding carboxylic acids is 1. The highest BCUT2D eigenvalue weighted by Crippen LogP contribution is 2.33. The number of hydrogen-bond acceptors (Lipinski definition) is 2. The molecule has 2 aliphatic rings. The van der Waals surface area contributed by atoms with E-state index in [1.54, 1.807) is 4.90 Å². The number of urea groups is 1. The SMILES string of the molecule is Cc1ccc(N=C2Cc3ccccc3C3=CCNC(=O)N32)c(C)c1C. The van der Waals surface area contributed by atoms with E-state index in [-0.39, 0.29) is 6.03 Å². The number of nitrogens with zero attached hydrogens (tertiary/aromatic N) is 2. The van der Waals surface area contributed by atoms with Crippen LogP contribution < -0.4 is 5.32 Å². The van der Waals surface area contributed by atoms with Crippen molar-refractivity contribution < 1.29 is 4.79 Å². The van der Waals surface area contributed by atoms with Gasteiger partial charge in [0.05, 0.1) is 11.4 Å². The fourth-order valence-corrected chi connectivity index (χ4v) is 3.47. The van der Waals surface area contributed by atoms with E-state index >= 15 is 0 Å². The van der Waals surface area contributed by atoms with E-state index in [9.17, 15) is 4.79 Å². The van der Waals surface area contributed by atoms with Gasteiger partial charge in [-0.25, -0.2) is 14.7 Å². The number of nitrogens with one attached hydrogen (secondary N) is 1. The zero-order valence-electron chi connectivity index (χ0n) is 14.8. The number of amides is 2. The molecular weight excluding hydrogens is 310 g/mol. The molecule has 0 unspecified atom stereocenters. The summed E-state index contributed by atoms with van der Waals surface area (Å²) in [6.07, 6.45) is 2.70. The summed E-state index contributed by atoms with van der Waals surface area (Å²) in [5, 5.41) is 2.89. The third-order valence-corrected chi connectivity index (χ3v) is 5.17. The Kier molecular flexibility index (Phi) is 3.68. The minimum Gasteiger partial charge on any atom is -0.334 e. The molecule has 2 aromatic carbocycles. The molecule has 25 heavy (non-hydrogen) atoms. The molecule has 0 atom stereocenters. The van der Waals surface area contributed by atoms with Crippen molar-refractivity contribution in [3.05, 3.63) is 70.3 Å². The second kappa shape index (κ2) is 5.88. The molecule has 2 heterocycles. The standard InChI is InChI=1S/C21H21N3O/c1-13-8-9-18(15(3)14(13)2)23-20-12-16-6-4-5-7-17(16)19-10-11-22-21(25)24(19)20/h4-10H,11-12H2,1-3H3,(H,22,25). The zero-order valence-corrected chi connectivity index (χ0v) is 14.8. The Morgan fingerprint density at radius 3 is 2.68 bits per heavy atom. The van der Waals surface area contributed by atoms with Crippen LogP contribution in [0.25, 0.3) is 5.70 Å². The van der Waals surface area contributed by atoms with Crippen LogP contribution in [0.15, 0.2) is 47.5 Å². The van der Waals surface area contributed by atoms with Crippen LogP contribution in [0.4, 0.5) is 10.5 Å². The number of amidine groups is 1. The van der Waals surface area contributed by atoms with Crippen LogP contribution in [-0.2, 0) is 6.42 Å². The van der Waals surface area contributed by atoms with Gasteiger partial charge in [0.25, 0.3) is 0 Å². The number of carbonyl (C=O) groups is 1. The maximum absolute atomic E-state index is 12.5. The van der Waals surface area contributed by atoms with Gasteiger partial charge in [-0.15, -0.1) is 0 Å². The maximum atomic E-state index is 12.5. The summed E-state index contributed by atoms with van der Waals surface area (Å²) < 4.78 is 0. The molecule has 2 amide bonds. The van der Waals surface area contributed by atoms with Gasteiger partial charge in [0.1, 0.15) is 5.84 Å². The van der Waals surface area contributed by atoms with Crippen molar-refractivity contribution in [3.8, 4) is 0 Å². The van der Waals surface area contributed by atoms with Crippen molar-refractivity contribution in [1.29, 1.82) is 0 Å². The van der Waals surface area contributed by atoms with Gasteiger partial charge in [0.15, 0.2) is 0 Å². The predicted octanol–water partition coefficient (Wildman–Crippen LogP) is 4.26. The highest BCUT2D eigenvalue weighted by Gasteiger charge is 2.32. The van der Waals surface area contributed by atoms with Gasteiger partial charge in [-0.1, -0.05) is 30.3 Å². The molecule has 0 spiro atoms. The van der Waals surface area contributed by atoms with E-state index in [4.69, 9.17) is 4.99 Å². The van der Waals surface area contributed by atoms with Gasteiger partial charge in [-0.3, -0.25) is 0 Å². The highest BCUT2D eigenvalue weighted by molar-refractivity contribution is 6.10. The van der Waals surface area contributed by atoms with E-state index in [2.05, 4.69) is 50.4 Å². The van der Waals surface area contributed by atoms with Gasteiger partial charge < -0.3 is 5.32 Å². The first-order valence-corrected chi connectivity index (χ1v) is 8.57. The first kappa shape index (κ1) is 15.6. The summed E-state index contributed by atoms with van der Waals surface area (Å²) >= 11 is 0. The summed E-state index contributed by atoms with van der Waals surface area (Å²) in [6.45, 7) is 6.86. The Morgan fingerprint density at radius 1 is 1.04 bits per heavy atom. The van der Waals surface area contributed by atoms with Gasteiger partial charge in [-0.05, 0) is 55.2 Å². The third kappa shape index (κ3) is 2.54. The van der Waals surface area contributed by atoms with E-state index in [0.717, 1.165) is 28.3 Å². The monoisotopic (exact) mass is 331 g/mol. The lowest BCUT2D eigenvalue weighted by Crippen LogP contribution is -2.48. The third-order valence-electron chi connectivity index (χ3n) is 5.17. The summed E-state index contributed by atoms with van der Waals surface area (Å²) in [5.41, 5.74) is 7.85. The van der Waals surface area contributed by atoms with Crippen LogP contribution in [0, 0.1) is 20.8 Å². The largest absolute Gasteiger partial charge is 0.334 e. The number of rotatable bonds is 1. The van der Waals surface area contributed by atoms with Crippen LogP contribution in [0.3, 0.4) is 0 Å². The first-order valence-electron chi connectivity index (χ1n) is 8.57. The predicted molar refractivity (Wildman–Crippen MR) is 101 cm³/mol. The van der Waals surface area contributed by atoms with Crippen molar-refractivity contribution in [2.24, 2.45) is 4.99 Å². The van der Waals surface area contributed by atoms with E-state index in [0.29, 0.717) is 13.0 Å². The van der Waals surface area contributed by atoms with Crippen LogP contribution in [-0.4, -0.2) is 23.3 Å². The summed E-state index contributed by atoms with van der Waals surface area (Å²) in [7, 11) is 0. The molecule has 2 aliphatic heterocycles. The molecule has 2 aromatic rings. The van der Waals surface area contributed by atoms with Crippen LogP contribution >= 0.6 is 0 Å². The topological polar surface area (TPSA) is 44.7 Å². The molecule has 0 aromatic heterocycles. The van der Waals surface area contributed by atoms with Gasteiger partial charge in [0, 0.05) is 18.5 Å². The minimum atomic E-state index is -0.104. The summed E-state index contributed by atoms with van der Waals surface area (Å²) in [5.74, 6) is 0.772. The number of benzene rings is 2. The molecule has 4 rings (SSSR count). The van der Waals surface area contributed by atoms with Crippen LogP contribution in [0.5, 0.6) is 0 Å². The van der Waals surface area contributed by atoms with Crippen LogP contribution in [0.1, 0.15) is 27.8 Å². The molecule has 0 fully saturated rings. The van der Waals surface area contributed by atoms with Crippen molar-refractivity contribution in [2.45, 2.75) is 27.2 Å². The number of aryl methyl sites for hydroxylation is 1. The van der Waals surface area contributed by atoms with Crippen molar-refractivity contribution in [1.82, 2.24) is 10.2 Å². The molecule has 1 N–H and O–H groups in total. The normalized spacial score (nSPS) is 17.7. The second-order valence-electron chi connectivity index (χ2n) is 6.62. The fraction of sp³-hybridized carbons (Fsp3) is 0.238. The molecule has 0 aliphatic carbocycles. The smallest absolute Gasteiger partial charge is 0.327 e. The van der Waals surface area contributed by atoms with Crippen LogP contribution in [0.2, 0.25) is 0 Å². The highest BCUT2D eigenvalue weighted by atomic mass is 16.2. The summed E-state index contributed by atoms with van der Waals surface area (Å²) in [4.78, 5) is 19.2. The second-order valence-corrected chi connectivity index (χ2v) is 6.62. The molecule has 4 heteroatoms. The molecule has 126 valence electrons. The molecule has 0 saturated heterocycles. The molecule has 0 saturated carbocycles. The lowest BCUT2D eigenvalue weighted by Gasteiger charge is -2.35. The Morgan fingerprint density at radius 2 is 1.84 bits per heavy atom. The zero-order chi connectivity index (χ0) is 17.6. The molecule has 0 radical (unpaired) electrons. The lowest BCUT2D eigenvalue weighted by atomic mass is 9.94. The quantitative estimate of drug-likeness (QED) is 0.833. The lowest BCUT2D eigenvalue weighted by molar-refractivity contribution is 0.230. The minimum absolute atomic E-state index is 0.104. The Balaban J connectivity index is 1.88.